The van der Waals surface area contributed by atoms with Crippen LogP contribution in [0.15, 0.2) is 16.1 Å². The van der Waals surface area contributed by atoms with Crippen molar-refractivity contribution in [1.82, 2.24) is 0 Å². The van der Waals surface area contributed by atoms with Crippen LogP contribution < -0.4 is 0 Å². The molecule has 0 aromatic rings. The fraction of sp³-hybridized carbons (Fsp3) is 0.880. The summed E-state index contributed by atoms with van der Waals surface area (Å²) < 4.78 is 0. The molecular formula is C25H41NO. The summed E-state index contributed by atoms with van der Waals surface area (Å²) in [5.41, 5.74) is 5.59. The Hall–Kier alpha value is -0.630. The third-order valence-electron chi connectivity index (χ3n) is 9.20. The highest BCUT2D eigenvalue weighted by molar-refractivity contribution is 6.06. The van der Waals surface area contributed by atoms with Gasteiger partial charge in [0.1, 0.15) is 0 Å². The summed E-state index contributed by atoms with van der Waals surface area (Å²) in [5, 5.41) is 10.2. The minimum absolute atomic E-state index is 0.0603. The predicted octanol–water partition coefficient (Wildman–Crippen LogP) is 6.33. The molecule has 1 fully saturated rings. The molecule has 0 aromatic carbocycles. The second-order valence-corrected chi connectivity index (χ2v) is 10.7. The maximum Gasteiger partial charge on any atom is 0.0543 e. The molecule has 6 atom stereocenters. The molecule has 2 heteroatoms. The number of hydrogen-bond acceptors (Lipinski definition) is 2. The topological polar surface area (TPSA) is 32.6 Å². The van der Waals surface area contributed by atoms with E-state index >= 15 is 0 Å². The lowest BCUT2D eigenvalue weighted by Gasteiger charge is -2.55. The van der Waals surface area contributed by atoms with Crippen molar-refractivity contribution in [2.45, 2.75) is 104 Å². The second-order valence-electron chi connectivity index (χ2n) is 10.7. The van der Waals surface area contributed by atoms with Crippen LogP contribution in [0.4, 0.5) is 0 Å². The average molecular weight is 372 g/mol. The van der Waals surface area contributed by atoms with Gasteiger partial charge in [-0.15, -0.1) is 0 Å². The Balaban J connectivity index is 1.66. The first-order chi connectivity index (χ1) is 12.9. The van der Waals surface area contributed by atoms with Crippen LogP contribution in [-0.2, 0) is 0 Å². The van der Waals surface area contributed by atoms with Crippen molar-refractivity contribution in [3.63, 3.8) is 0 Å². The zero-order valence-electron chi connectivity index (χ0n) is 18.2. The summed E-state index contributed by atoms with van der Waals surface area (Å²) in [4.78, 5) is 5.21. The molecule has 27 heavy (non-hydrogen) atoms. The standard InChI is InChI=1S/C25H41NO/c1-5-6-7-17(2)21-12-15-26-23-20-9-8-18-16-19(27)10-13-24(18,3)22(20)11-14-25(21,23)4/h17-19,21,27H,5-16H2,1-4H3/t17-,18+,19+,21-,24+,25-/m1/s1. The maximum atomic E-state index is 10.2. The lowest BCUT2D eigenvalue weighted by Crippen LogP contribution is -2.50. The Morgan fingerprint density at radius 1 is 1.11 bits per heavy atom. The van der Waals surface area contributed by atoms with Gasteiger partial charge in [0.2, 0.25) is 0 Å². The molecule has 2 nitrogen and oxygen atoms in total. The van der Waals surface area contributed by atoms with Gasteiger partial charge in [-0.3, -0.25) is 4.99 Å². The van der Waals surface area contributed by atoms with Gasteiger partial charge in [0.25, 0.3) is 0 Å². The summed E-state index contributed by atoms with van der Waals surface area (Å²) in [6.45, 7) is 11.0. The lowest BCUT2D eigenvalue weighted by atomic mass is 9.50. The zero-order valence-corrected chi connectivity index (χ0v) is 18.2. The van der Waals surface area contributed by atoms with Gasteiger partial charge in [0, 0.05) is 17.7 Å². The van der Waals surface area contributed by atoms with E-state index < -0.39 is 0 Å². The summed E-state index contributed by atoms with van der Waals surface area (Å²) in [7, 11) is 0. The molecule has 0 amide bonds. The largest absolute Gasteiger partial charge is 0.393 e. The number of aliphatic hydroxyl groups excluding tert-OH is 1. The molecule has 152 valence electrons. The van der Waals surface area contributed by atoms with Gasteiger partial charge in [-0.05, 0) is 80.1 Å². The Kier molecular flexibility index (Phi) is 5.33. The number of allylic oxidation sites excluding steroid dienone is 2. The van der Waals surface area contributed by atoms with Crippen LogP contribution in [0.3, 0.4) is 0 Å². The third-order valence-corrected chi connectivity index (χ3v) is 9.20. The lowest BCUT2D eigenvalue weighted by molar-refractivity contribution is 0.0238. The summed E-state index contributed by atoms with van der Waals surface area (Å²) in [5.74, 6) is 2.32. The minimum Gasteiger partial charge on any atom is -0.393 e. The molecule has 0 spiro atoms. The summed E-state index contributed by atoms with van der Waals surface area (Å²) in [6, 6.07) is 0. The molecule has 1 saturated carbocycles. The van der Waals surface area contributed by atoms with Gasteiger partial charge in [-0.25, -0.2) is 0 Å². The van der Waals surface area contributed by atoms with Crippen molar-refractivity contribution in [1.29, 1.82) is 0 Å². The Morgan fingerprint density at radius 2 is 1.93 bits per heavy atom. The molecule has 1 heterocycles. The Bertz CT molecular complexity index is 634. The van der Waals surface area contributed by atoms with Crippen LogP contribution in [0.25, 0.3) is 0 Å². The molecular weight excluding hydrogens is 330 g/mol. The Morgan fingerprint density at radius 3 is 2.70 bits per heavy atom. The molecule has 3 aliphatic carbocycles. The van der Waals surface area contributed by atoms with Gasteiger partial charge >= 0.3 is 0 Å². The molecule has 4 aliphatic rings. The molecule has 1 N–H and O–H groups in total. The number of aliphatic imine (C=N–C) groups is 1. The van der Waals surface area contributed by atoms with Crippen LogP contribution >= 0.6 is 0 Å². The molecule has 0 aromatic heterocycles. The Labute approximate surface area is 166 Å². The van der Waals surface area contributed by atoms with E-state index in [1.807, 2.05) is 0 Å². The molecule has 0 unspecified atom stereocenters. The van der Waals surface area contributed by atoms with E-state index in [1.165, 1.54) is 63.5 Å². The fourth-order valence-corrected chi connectivity index (χ4v) is 7.48. The molecule has 0 bridgehead atoms. The first-order valence-electron chi connectivity index (χ1n) is 11.9. The van der Waals surface area contributed by atoms with Crippen molar-refractivity contribution in [3.8, 4) is 0 Å². The average Bonchev–Trinajstić information content (AvgIpc) is 2.65. The second kappa shape index (κ2) is 7.32. The van der Waals surface area contributed by atoms with Gasteiger partial charge in [0.15, 0.2) is 0 Å². The van der Waals surface area contributed by atoms with E-state index in [1.54, 1.807) is 11.1 Å². The van der Waals surface area contributed by atoms with Crippen LogP contribution in [-0.4, -0.2) is 23.5 Å². The van der Waals surface area contributed by atoms with Gasteiger partial charge < -0.3 is 5.11 Å². The molecule has 1 aliphatic heterocycles. The number of unbranched alkanes of at least 4 members (excludes halogenated alkanes) is 1. The van der Waals surface area contributed by atoms with Crippen molar-refractivity contribution in [3.05, 3.63) is 11.1 Å². The van der Waals surface area contributed by atoms with E-state index in [0.29, 0.717) is 16.7 Å². The monoisotopic (exact) mass is 371 g/mol. The molecule has 4 rings (SSSR count). The highest BCUT2D eigenvalue weighted by Crippen LogP contribution is 2.60. The first-order valence-corrected chi connectivity index (χ1v) is 11.9. The third kappa shape index (κ3) is 3.15. The molecule has 0 radical (unpaired) electrons. The van der Waals surface area contributed by atoms with Gasteiger partial charge in [-0.2, -0.15) is 0 Å². The predicted molar refractivity (Wildman–Crippen MR) is 114 cm³/mol. The van der Waals surface area contributed by atoms with E-state index in [2.05, 4.69) is 27.7 Å². The first kappa shape index (κ1) is 19.7. The van der Waals surface area contributed by atoms with Crippen LogP contribution in [0.5, 0.6) is 0 Å². The maximum absolute atomic E-state index is 10.2. The normalized spacial score (nSPS) is 42.7. The van der Waals surface area contributed by atoms with E-state index in [9.17, 15) is 5.11 Å². The van der Waals surface area contributed by atoms with Crippen LogP contribution in [0, 0.1) is 28.6 Å². The molecule has 0 saturated heterocycles. The number of fused-ring (bicyclic) bond motifs is 4. The highest BCUT2D eigenvalue weighted by atomic mass is 16.3. The van der Waals surface area contributed by atoms with Crippen molar-refractivity contribution < 1.29 is 5.11 Å². The number of aliphatic hydroxyl groups is 1. The number of rotatable bonds is 4. The van der Waals surface area contributed by atoms with Gasteiger partial charge in [0.05, 0.1) is 6.10 Å². The number of hydrogen-bond donors (Lipinski definition) is 1. The van der Waals surface area contributed by atoms with Crippen LogP contribution in [0.1, 0.15) is 98.3 Å². The van der Waals surface area contributed by atoms with Crippen molar-refractivity contribution >= 4 is 5.71 Å². The SMILES string of the molecule is CCCC[C@@H](C)[C@H]1CCN=C2C3=C(CC[C@@]21C)[C@@]1(C)CC[C@H](O)C[C@@H]1CC3. The van der Waals surface area contributed by atoms with Gasteiger partial charge in [-0.1, -0.05) is 52.5 Å². The summed E-state index contributed by atoms with van der Waals surface area (Å²) in [6.07, 6.45) is 13.6. The fourth-order valence-electron chi connectivity index (χ4n) is 7.48. The van der Waals surface area contributed by atoms with E-state index in [4.69, 9.17) is 4.99 Å². The van der Waals surface area contributed by atoms with Crippen LogP contribution in [0.2, 0.25) is 0 Å². The minimum atomic E-state index is -0.0603. The van der Waals surface area contributed by atoms with Crippen molar-refractivity contribution in [2.75, 3.05) is 6.54 Å². The van der Waals surface area contributed by atoms with E-state index in [0.717, 1.165) is 31.2 Å². The smallest absolute Gasteiger partial charge is 0.0543 e. The van der Waals surface area contributed by atoms with Crippen molar-refractivity contribution in [2.24, 2.45) is 33.6 Å². The zero-order chi connectivity index (χ0) is 19.2. The summed E-state index contributed by atoms with van der Waals surface area (Å²) >= 11 is 0. The number of nitrogens with zero attached hydrogens (tertiary/aromatic N) is 1. The quantitative estimate of drug-likeness (QED) is 0.615. The van der Waals surface area contributed by atoms with E-state index in [-0.39, 0.29) is 6.10 Å². The highest BCUT2D eigenvalue weighted by Gasteiger charge is 2.52.